The van der Waals surface area contributed by atoms with Gasteiger partial charge in [0.1, 0.15) is 10.7 Å². The van der Waals surface area contributed by atoms with Gasteiger partial charge in [-0.3, -0.25) is 4.79 Å². The maximum Gasteiger partial charge on any atom is 0.214 e. The van der Waals surface area contributed by atoms with Crippen molar-refractivity contribution >= 4 is 27.0 Å². The number of anilines is 2. The summed E-state index contributed by atoms with van der Waals surface area (Å²) in [6.07, 6.45) is 1.27. The molecule has 0 saturated carbocycles. The zero-order chi connectivity index (χ0) is 19.9. The molecule has 0 spiro atoms. The molecule has 0 aliphatic carbocycles. The molecule has 1 aliphatic heterocycles. The first-order chi connectivity index (χ1) is 13.4. The largest absolute Gasteiger partial charge is 0.314 e. The summed E-state index contributed by atoms with van der Waals surface area (Å²) in [5.41, 5.74) is 2.10. The molecule has 0 N–H and O–H groups in total. The average molecular weight is 393 g/mol. The standard InChI is InChI=1S/C22H16FNO3S/c1-15-7-10-18(11-8-15)24-14-21(22(25)16-5-3-2-4-6-16)28(26,27)20-12-9-17(23)13-19(20)24/h2-14H,1H3. The minimum Gasteiger partial charge on any atom is -0.314 e. The van der Waals surface area contributed by atoms with Gasteiger partial charge in [-0.25, -0.2) is 12.8 Å². The van der Waals surface area contributed by atoms with Gasteiger partial charge in [-0.1, -0.05) is 48.0 Å². The number of halogens is 1. The molecule has 140 valence electrons. The highest BCUT2D eigenvalue weighted by atomic mass is 32.2. The van der Waals surface area contributed by atoms with Crippen LogP contribution < -0.4 is 4.90 Å². The molecule has 0 fully saturated rings. The molecule has 0 amide bonds. The van der Waals surface area contributed by atoms with E-state index in [1.165, 1.54) is 17.2 Å². The van der Waals surface area contributed by atoms with Crippen molar-refractivity contribution in [1.82, 2.24) is 0 Å². The highest BCUT2D eigenvalue weighted by Crippen LogP contribution is 2.40. The first-order valence-electron chi connectivity index (χ1n) is 8.60. The first kappa shape index (κ1) is 18.1. The summed E-state index contributed by atoms with van der Waals surface area (Å²) in [6.45, 7) is 1.93. The van der Waals surface area contributed by atoms with Crippen molar-refractivity contribution < 1.29 is 17.6 Å². The van der Waals surface area contributed by atoms with Crippen LogP contribution in [0.25, 0.3) is 0 Å². The number of carbonyl (C=O) groups excluding carboxylic acids is 1. The molecule has 0 saturated heterocycles. The maximum atomic E-state index is 13.9. The minimum atomic E-state index is -4.09. The van der Waals surface area contributed by atoms with E-state index in [1.54, 1.807) is 42.5 Å². The summed E-state index contributed by atoms with van der Waals surface area (Å²) in [5, 5.41) is 0. The first-order valence-corrected chi connectivity index (χ1v) is 10.1. The molecule has 4 nitrogen and oxygen atoms in total. The van der Waals surface area contributed by atoms with Crippen LogP contribution in [0.5, 0.6) is 0 Å². The number of rotatable bonds is 3. The average Bonchev–Trinajstić information content (AvgIpc) is 2.69. The van der Waals surface area contributed by atoms with E-state index in [0.29, 0.717) is 5.69 Å². The van der Waals surface area contributed by atoms with E-state index in [-0.39, 0.29) is 21.1 Å². The van der Waals surface area contributed by atoms with E-state index in [1.807, 2.05) is 19.1 Å². The topological polar surface area (TPSA) is 54.5 Å². The summed E-state index contributed by atoms with van der Waals surface area (Å²) in [5.74, 6) is -1.16. The Hall–Kier alpha value is -3.25. The smallest absolute Gasteiger partial charge is 0.214 e. The number of hydrogen-bond acceptors (Lipinski definition) is 4. The number of allylic oxidation sites excluding steroid dienone is 1. The molecule has 3 aromatic rings. The molecular formula is C22H16FNO3S. The predicted molar refractivity (Wildman–Crippen MR) is 106 cm³/mol. The number of ketones is 1. The monoisotopic (exact) mass is 393 g/mol. The van der Waals surface area contributed by atoms with Gasteiger partial charge in [-0.15, -0.1) is 0 Å². The number of hydrogen-bond donors (Lipinski definition) is 0. The Labute approximate surface area is 162 Å². The second kappa shape index (κ2) is 6.73. The molecule has 4 rings (SSSR count). The lowest BCUT2D eigenvalue weighted by molar-refractivity contribution is 0.104. The normalized spacial score (nSPS) is 14.9. The summed E-state index contributed by atoms with van der Waals surface area (Å²) in [4.78, 5) is 14.1. The van der Waals surface area contributed by atoms with Crippen molar-refractivity contribution in [2.45, 2.75) is 11.8 Å². The van der Waals surface area contributed by atoms with Crippen molar-refractivity contribution in [2.75, 3.05) is 4.90 Å². The molecule has 1 aliphatic rings. The van der Waals surface area contributed by atoms with Crippen LogP contribution in [-0.4, -0.2) is 14.2 Å². The van der Waals surface area contributed by atoms with Crippen molar-refractivity contribution in [3.05, 3.63) is 101 Å². The third-order valence-corrected chi connectivity index (χ3v) is 6.37. The van der Waals surface area contributed by atoms with Gasteiger partial charge in [0.2, 0.25) is 15.6 Å². The molecule has 0 unspecified atom stereocenters. The second-order valence-corrected chi connectivity index (χ2v) is 8.40. The number of sulfone groups is 1. The summed E-state index contributed by atoms with van der Waals surface area (Å²) in [7, 11) is -4.09. The maximum absolute atomic E-state index is 13.9. The van der Waals surface area contributed by atoms with Gasteiger partial charge in [-0.2, -0.15) is 0 Å². The molecule has 0 aromatic heterocycles. The highest BCUT2D eigenvalue weighted by Gasteiger charge is 2.36. The summed E-state index contributed by atoms with van der Waals surface area (Å²) in [6, 6.07) is 19.0. The Kier molecular flexibility index (Phi) is 4.35. The molecule has 28 heavy (non-hydrogen) atoms. The third-order valence-electron chi connectivity index (χ3n) is 4.58. The zero-order valence-corrected chi connectivity index (χ0v) is 15.8. The van der Waals surface area contributed by atoms with Crippen LogP contribution in [0.2, 0.25) is 0 Å². The van der Waals surface area contributed by atoms with Gasteiger partial charge in [0.05, 0.1) is 10.6 Å². The van der Waals surface area contributed by atoms with Gasteiger partial charge in [0.25, 0.3) is 0 Å². The molecule has 6 heteroatoms. The van der Waals surface area contributed by atoms with Crippen LogP contribution in [0.15, 0.2) is 88.8 Å². The van der Waals surface area contributed by atoms with Crippen molar-refractivity contribution in [3.63, 3.8) is 0 Å². The lowest BCUT2D eigenvalue weighted by Gasteiger charge is -2.29. The van der Waals surface area contributed by atoms with Gasteiger partial charge in [0, 0.05) is 17.5 Å². The van der Waals surface area contributed by atoms with E-state index in [0.717, 1.165) is 17.7 Å². The van der Waals surface area contributed by atoms with Crippen LogP contribution in [-0.2, 0) is 9.84 Å². The lowest BCUT2D eigenvalue weighted by Crippen LogP contribution is -2.26. The quantitative estimate of drug-likeness (QED) is 0.475. The van der Waals surface area contributed by atoms with E-state index in [9.17, 15) is 17.6 Å². The molecule has 0 atom stereocenters. The Morgan fingerprint density at radius 1 is 0.929 bits per heavy atom. The van der Waals surface area contributed by atoms with E-state index in [4.69, 9.17) is 0 Å². The third kappa shape index (κ3) is 3.01. The fraction of sp³-hybridized carbons (Fsp3) is 0.0455. The highest BCUT2D eigenvalue weighted by molar-refractivity contribution is 7.96. The van der Waals surface area contributed by atoms with Crippen LogP contribution in [0.1, 0.15) is 15.9 Å². The number of benzene rings is 3. The molecular weight excluding hydrogens is 377 g/mol. The van der Waals surface area contributed by atoms with E-state index in [2.05, 4.69) is 0 Å². The van der Waals surface area contributed by atoms with E-state index < -0.39 is 21.4 Å². The Morgan fingerprint density at radius 3 is 2.29 bits per heavy atom. The Morgan fingerprint density at radius 2 is 1.61 bits per heavy atom. The van der Waals surface area contributed by atoms with Crippen LogP contribution >= 0.6 is 0 Å². The van der Waals surface area contributed by atoms with Gasteiger partial charge in [0.15, 0.2) is 0 Å². The predicted octanol–water partition coefficient (Wildman–Crippen LogP) is 4.78. The molecule has 0 bridgehead atoms. The fourth-order valence-electron chi connectivity index (χ4n) is 3.11. The fourth-order valence-corrected chi connectivity index (χ4v) is 4.63. The second-order valence-electron chi connectivity index (χ2n) is 6.51. The van der Waals surface area contributed by atoms with Gasteiger partial charge >= 0.3 is 0 Å². The Bertz CT molecular complexity index is 1200. The van der Waals surface area contributed by atoms with Crippen molar-refractivity contribution in [1.29, 1.82) is 0 Å². The van der Waals surface area contributed by atoms with E-state index >= 15 is 0 Å². The molecule has 0 radical (unpaired) electrons. The number of carbonyl (C=O) groups is 1. The summed E-state index contributed by atoms with van der Waals surface area (Å²) >= 11 is 0. The van der Waals surface area contributed by atoms with Crippen molar-refractivity contribution in [3.8, 4) is 0 Å². The molecule has 3 aromatic carbocycles. The Balaban J connectivity index is 1.95. The number of nitrogens with zero attached hydrogens (tertiary/aromatic N) is 1. The van der Waals surface area contributed by atoms with Crippen LogP contribution in [0.3, 0.4) is 0 Å². The van der Waals surface area contributed by atoms with Crippen LogP contribution in [0, 0.1) is 12.7 Å². The molecule has 1 heterocycles. The number of fused-ring (bicyclic) bond motifs is 1. The van der Waals surface area contributed by atoms with Gasteiger partial charge < -0.3 is 4.90 Å². The number of Topliss-reactive ketones (excluding diaryl/α,β-unsaturated/α-hetero) is 1. The van der Waals surface area contributed by atoms with Crippen molar-refractivity contribution in [2.24, 2.45) is 0 Å². The SMILES string of the molecule is Cc1ccc(N2C=C(C(=O)c3ccccc3)S(=O)(=O)c3ccc(F)cc32)cc1. The zero-order valence-electron chi connectivity index (χ0n) is 15.0. The summed E-state index contributed by atoms with van der Waals surface area (Å²) < 4.78 is 40.2. The number of aryl methyl sites for hydroxylation is 1. The van der Waals surface area contributed by atoms with Crippen LogP contribution in [0.4, 0.5) is 15.8 Å². The minimum absolute atomic E-state index is 0.101. The lowest BCUT2D eigenvalue weighted by atomic mass is 10.1. The van der Waals surface area contributed by atoms with Gasteiger partial charge in [-0.05, 0) is 37.3 Å².